The third-order valence-corrected chi connectivity index (χ3v) is 3.10. The maximum absolute atomic E-state index is 12.1. The number of rotatable bonds is 5. The third kappa shape index (κ3) is 4.98. The van der Waals surface area contributed by atoms with Gasteiger partial charge in [-0.15, -0.1) is 0 Å². The first-order chi connectivity index (χ1) is 8.73. The molecule has 0 spiro atoms. The third-order valence-electron chi connectivity index (χ3n) is 2.25. The normalized spacial score (nSPS) is 13.2. The van der Waals surface area contributed by atoms with Crippen molar-refractivity contribution in [1.82, 2.24) is 4.98 Å². The number of carbonyl (C=O) groups excluding carboxylic acids is 2. The van der Waals surface area contributed by atoms with Gasteiger partial charge in [0.2, 0.25) is 0 Å². The Morgan fingerprint density at radius 1 is 1.47 bits per heavy atom. The number of hydrogen-bond acceptors (Lipinski definition) is 6. The number of ether oxygens (including phenoxy) is 1. The quantitative estimate of drug-likeness (QED) is 0.665. The number of anilines is 1. The van der Waals surface area contributed by atoms with Gasteiger partial charge in [-0.3, -0.25) is 4.79 Å². The van der Waals surface area contributed by atoms with Crippen molar-refractivity contribution in [3.63, 3.8) is 0 Å². The highest BCUT2D eigenvalue weighted by molar-refractivity contribution is 7.17. The van der Waals surface area contributed by atoms with E-state index in [-0.39, 0.29) is 11.9 Å². The summed E-state index contributed by atoms with van der Waals surface area (Å²) >= 11 is 1.22. The lowest BCUT2D eigenvalue weighted by atomic mass is 10.0. The van der Waals surface area contributed by atoms with Crippen LogP contribution in [0.25, 0.3) is 0 Å². The molecule has 0 bridgehead atoms. The number of hydrogen-bond donors (Lipinski definition) is 1. The van der Waals surface area contributed by atoms with Crippen molar-refractivity contribution in [2.75, 3.05) is 5.32 Å². The summed E-state index contributed by atoms with van der Waals surface area (Å²) in [6, 6.07) is -0.482. The lowest BCUT2D eigenvalue weighted by Crippen LogP contribution is -2.39. The Morgan fingerprint density at radius 3 is 2.53 bits per heavy atom. The number of thiazole rings is 1. The van der Waals surface area contributed by atoms with Crippen LogP contribution >= 0.6 is 11.3 Å². The Kier molecular flexibility index (Phi) is 5.05. The first-order valence-electron chi connectivity index (χ1n) is 6.13. The molecule has 0 saturated heterocycles. The Bertz CT molecular complexity index is 449. The summed E-state index contributed by atoms with van der Waals surface area (Å²) in [5.41, 5.74) is -0.525. The Balaban J connectivity index is 2.78. The summed E-state index contributed by atoms with van der Waals surface area (Å²) in [4.78, 5) is 27.3. The fraction of sp³-hybridized carbons (Fsp3) is 0.615. The second-order valence-corrected chi connectivity index (χ2v) is 6.65. The summed E-state index contributed by atoms with van der Waals surface area (Å²) in [7, 11) is 0. The number of nitrogens with zero attached hydrogens (tertiary/aromatic N) is 1. The topological polar surface area (TPSA) is 68.3 Å². The predicted octanol–water partition coefficient (Wildman–Crippen LogP) is 2.73. The zero-order chi connectivity index (χ0) is 14.6. The van der Waals surface area contributed by atoms with E-state index in [1.165, 1.54) is 17.5 Å². The molecule has 19 heavy (non-hydrogen) atoms. The minimum absolute atomic E-state index is 0.0541. The molecule has 0 aliphatic carbocycles. The molecule has 0 aliphatic heterocycles. The number of nitrogens with one attached hydrogen (secondary N) is 1. The maximum atomic E-state index is 12.1. The monoisotopic (exact) mass is 284 g/mol. The molecule has 0 aliphatic rings. The maximum Gasteiger partial charge on any atom is 0.329 e. The molecule has 0 fully saturated rings. The van der Waals surface area contributed by atoms with E-state index in [0.717, 1.165) is 6.29 Å². The van der Waals surface area contributed by atoms with Crippen LogP contribution in [0.5, 0.6) is 0 Å². The van der Waals surface area contributed by atoms with Gasteiger partial charge in [-0.1, -0.05) is 25.2 Å². The van der Waals surface area contributed by atoms with Crippen LogP contribution in [0.2, 0.25) is 0 Å². The molecule has 0 radical (unpaired) electrons. The van der Waals surface area contributed by atoms with Crippen LogP contribution in [0.15, 0.2) is 6.20 Å². The van der Waals surface area contributed by atoms with Gasteiger partial charge in [0.15, 0.2) is 11.4 Å². The molecule has 106 valence electrons. The average Bonchev–Trinajstić information content (AvgIpc) is 2.70. The van der Waals surface area contributed by atoms with Crippen LogP contribution in [-0.2, 0) is 9.53 Å². The van der Waals surface area contributed by atoms with Gasteiger partial charge in [-0.05, 0) is 26.7 Å². The van der Waals surface area contributed by atoms with Crippen LogP contribution in [0.3, 0.4) is 0 Å². The molecule has 0 amide bonds. The summed E-state index contributed by atoms with van der Waals surface area (Å²) in [5, 5.41) is 3.58. The average molecular weight is 284 g/mol. The fourth-order valence-corrected chi connectivity index (χ4v) is 2.07. The van der Waals surface area contributed by atoms with Crippen molar-refractivity contribution in [3.05, 3.63) is 11.1 Å². The molecule has 0 saturated carbocycles. The molecule has 0 aromatic carbocycles. The van der Waals surface area contributed by atoms with Gasteiger partial charge < -0.3 is 10.1 Å². The van der Waals surface area contributed by atoms with Crippen LogP contribution in [0.1, 0.15) is 44.3 Å². The SMILES string of the molecule is CC(C)C(Nc1ncc(C=O)s1)C(=O)OC(C)(C)C. The van der Waals surface area contributed by atoms with Crippen molar-refractivity contribution in [1.29, 1.82) is 0 Å². The van der Waals surface area contributed by atoms with Gasteiger partial charge >= 0.3 is 5.97 Å². The fourth-order valence-electron chi connectivity index (χ4n) is 1.40. The lowest BCUT2D eigenvalue weighted by Gasteiger charge is -2.26. The zero-order valence-electron chi connectivity index (χ0n) is 11.9. The first kappa shape index (κ1) is 15.6. The smallest absolute Gasteiger partial charge is 0.329 e. The molecule has 6 heteroatoms. The minimum Gasteiger partial charge on any atom is -0.458 e. The molecule has 5 nitrogen and oxygen atoms in total. The summed E-state index contributed by atoms with van der Waals surface area (Å²) < 4.78 is 5.37. The van der Waals surface area contributed by atoms with E-state index in [0.29, 0.717) is 10.0 Å². The zero-order valence-corrected chi connectivity index (χ0v) is 12.7. The number of aromatic nitrogens is 1. The van der Waals surface area contributed by atoms with E-state index in [1.54, 1.807) is 0 Å². The molecule has 1 aromatic heterocycles. The standard InChI is InChI=1S/C13H20N2O3S/c1-8(2)10(11(17)18-13(3,4)5)15-12-14-6-9(7-16)19-12/h6-8,10H,1-5H3,(H,14,15). The molecule has 1 aromatic rings. The van der Waals surface area contributed by atoms with Gasteiger partial charge in [-0.2, -0.15) is 0 Å². The van der Waals surface area contributed by atoms with E-state index < -0.39 is 11.6 Å². The number of esters is 1. The highest BCUT2D eigenvalue weighted by Gasteiger charge is 2.28. The Labute approximate surface area is 117 Å². The molecule has 1 N–H and O–H groups in total. The van der Waals surface area contributed by atoms with Crippen molar-refractivity contribution >= 4 is 28.7 Å². The van der Waals surface area contributed by atoms with Crippen molar-refractivity contribution in [2.45, 2.75) is 46.3 Å². The second-order valence-electron chi connectivity index (χ2n) is 5.59. The van der Waals surface area contributed by atoms with Gasteiger partial charge in [0.05, 0.1) is 11.1 Å². The predicted molar refractivity (Wildman–Crippen MR) is 75.6 cm³/mol. The van der Waals surface area contributed by atoms with Crippen LogP contribution in [0.4, 0.5) is 5.13 Å². The summed E-state index contributed by atoms with van der Waals surface area (Å²) in [6.45, 7) is 9.34. The van der Waals surface area contributed by atoms with E-state index >= 15 is 0 Å². The van der Waals surface area contributed by atoms with Crippen molar-refractivity contribution < 1.29 is 14.3 Å². The van der Waals surface area contributed by atoms with Crippen LogP contribution in [-0.4, -0.2) is 28.9 Å². The van der Waals surface area contributed by atoms with Gasteiger partial charge in [0.25, 0.3) is 0 Å². The molecule has 1 unspecified atom stereocenters. The van der Waals surface area contributed by atoms with E-state index in [1.807, 2.05) is 34.6 Å². The molecule has 1 heterocycles. The Morgan fingerprint density at radius 2 is 2.11 bits per heavy atom. The van der Waals surface area contributed by atoms with Crippen LogP contribution in [0, 0.1) is 5.92 Å². The minimum atomic E-state index is -0.525. The number of carbonyl (C=O) groups is 2. The van der Waals surface area contributed by atoms with Crippen LogP contribution < -0.4 is 5.32 Å². The largest absolute Gasteiger partial charge is 0.458 e. The van der Waals surface area contributed by atoms with Gasteiger partial charge in [0.1, 0.15) is 11.6 Å². The highest BCUT2D eigenvalue weighted by atomic mass is 32.1. The van der Waals surface area contributed by atoms with Crippen molar-refractivity contribution in [2.24, 2.45) is 5.92 Å². The first-order valence-corrected chi connectivity index (χ1v) is 6.95. The Hall–Kier alpha value is -1.43. The second kappa shape index (κ2) is 6.14. The van der Waals surface area contributed by atoms with Crippen molar-refractivity contribution in [3.8, 4) is 0 Å². The summed E-state index contributed by atoms with van der Waals surface area (Å²) in [6.07, 6.45) is 2.22. The molecular formula is C13H20N2O3S. The lowest BCUT2D eigenvalue weighted by molar-refractivity contribution is -0.156. The summed E-state index contributed by atoms with van der Waals surface area (Å²) in [5.74, 6) is -0.260. The molecule has 1 rings (SSSR count). The number of aldehydes is 1. The van der Waals surface area contributed by atoms with E-state index in [9.17, 15) is 9.59 Å². The van der Waals surface area contributed by atoms with E-state index in [4.69, 9.17) is 4.74 Å². The molecular weight excluding hydrogens is 264 g/mol. The highest BCUT2D eigenvalue weighted by Crippen LogP contribution is 2.21. The van der Waals surface area contributed by atoms with Gasteiger partial charge in [-0.25, -0.2) is 9.78 Å². The van der Waals surface area contributed by atoms with Gasteiger partial charge in [0, 0.05) is 0 Å². The molecule has 1 atom stereocenters. The van der Waals surface area contributed by atoms with E-state index in [2.05, 4.69) is 10.3 Å².